The minimum Gasteiger partial charge on any atom is -0.496 e. The van der Waals surface area contributed by atoms with E-state index in [0.717, 1.165) is 20.1 Å². The van der Waals surface area contributed by atoms with E-state index in [2.05, 4.69) is 31.9 Å². The maximum atomic E-state index is 6.37. The van der Waals surface area contributed by atoms with Crippen LogP contribution in [0.3, 0.4) is 0 Å². The van der Waals surface area contributed by atoms with Crippen LogP contribution in [0.25, 0.3) is 0 Å². The molecule has 0 aliphatic heterocycles. The van der Waals surface area contributed by atoms with Crippen molar-refractivity contribution in [1.82, 2.24) is 0 Å². The molecule has 1 atom stereocenters. The van der Waals surface area contributed by atoms with E-state index in [-0.39, 0.29) is 6.04 Å². The number of methoxy groups -OCH3 is 2. The molecule has 0 bridgehead atoms. The lowest BCUT2D eigenvalue weighted by Crippen LogP contribution is -2.13. The second-order valence-electron chi connectivity index (χ2n) is 4.38. The van der Waals surface area contributed by atoms with Gasteiger partial charge in [-0.1, -0.05) is 17.7 Å². The van der Waals surface area contributed by atoms with E-state index in [4.69, 9.17) is 26.8 Å². The summed E-state index contributed by atoms with van der Waals surface area (Å²) in [5.74, 6) is 1.40. The van der Waals surface area contributed by atoms with Crippen LogP contribution in [0.2, 0.25) is 5.02 Å². The van der Waals surface area contributed by atoms with Crippen molar-refractivity contribution in [3.05, 3.63) is 55.4 Å². The number of rotatable bonds is 4. The van der Waals surface area contributed by atoms with Crippen molar-refractivity contribution in [1.29, 1.82) is 0 Å². The van der Waals surface area contributed by atoms with Crippen molar-refractivity contribution < 1.29 is 9.47 Å². The molecular formula is C15H14Br2ClNO2. The Kier molecular flexibility index (Phi) is 5.54. The van der Waals surface area contributed by atoms with Gasteiger partial charge in [0.15, 0.2) is 0 Å². The van der Waals surface area contributed by atoms with Gasteiger partial charge in [0.05, 0.1) is 29.8 Å². The Morgan fingerprint density at radius 3 is 2.24 bits per heavy atom. The monoisotopic (exact) mass is 433 g/mol. The summed E-state index contributed by atoms with van der Waals surface area (Å²) >= 11 is 12.9. The fourth-order valence-electron chi connectivity index (χ4n) is 2.01. The highest BCUT2D eigenvalue weighted by Gasteiger charge is 2.18. The minimum absolute atomic E-state index is 0.351. The van der Waals surface area contributed by atoms with Gasteiger partial charge in [0.1, 0.15) is 11.5 Å². The minimum atomic E-state index is -0.351. The second kappa shape index (κ2) is 7.01. The van der Waals surface area contributed by atoms with E-state index in [1.54, 1.807) is 14.2 Å². The van der Waals surface area contributed by atoms with Crippen molar-refractivity contribution in [3.8, 4) is 11.5 Å². The molecular weight excluding hydrogens is 421 g/mol. The number of hydrogen-bond acceptors (Lipinski definition) is 3. The molecule has 0 amide bonds. The molecule has 6 heteroatoms. The van der Waals surface area contributed by atoms with Crippen LogP contribution in [0.4, 0.5) is 0 Å². The number of halogens is 3. The lowest BCUT2D eigenvalue weighted by Gasteiger charge is -2.18. The molecule has 0 aromatic heterocycles. The van der Waals surface area contributed by atoms with E-state index in [1.807, 2.05) is 30.3 Å². The third-order valence-corrected chi connectivity index (χ3v) is 4.98. The first-order valence-corrected chi connectivity index (χ1v) is 8.06. The van der Waals surface area contributed by atoms with Gasteiger partial charge in [-0.15, -0.1) is 0 Å². The molecule has 0 fully saturated rings. The fourth-order valence-corrected chi connectivity index (χ4v) is 3.01. The Morgan fingerprint density at radius 2 is 1.67 bits per heavy atom. The van der Waals surface area contributed by atoms with Gasteiger partial charge in [-0.25, -0.2) is 0 Å². The molecule has 2 aromatic carbocycles. The van der Waals surface area contributed by atoms with Crippen LogP contribution in [0.15, 0.2) is 39.3 Å². The smallest absolute Gasteiger partial charge is 0.133 e. The summed E-state index contributed by atoms with van der Waals surface area (Å²) in [6.45, 7) is 0. The Morgan fingerprint density at radius 1 is 1.00 bits per heavy atom. The first-order chi connectivity index (χ1) is 9.97. The third kappa shape index (κ3) is 3.54. The zero-order valence-electron chi connectivity index (χ0n) is 11.5. The number of benzene rings is 2. The van der Waals surface area contributed by atoms with Crippen LogP contribution in [-0.2, 0) is 0 Å². The third-order valence-electron chi connectivity index (χ3n) is 3.14. The number of nitrogens with two attached hydrogens (primary N) is 1. The van der Waals surface area contributed by atoms with Gasteiger partial charge >= 0.3 is 0 Å². The van der Waals surface area contributed by atoms with Crippen LogP contribution >= 0.6 is 43.5 Å². The predicted molar refractivity (Wildman–Crippen MR) is 92.4 cm³/mol. The highest BCUT2D eigenvalue weighted by molar-refractivity contribution is 9.10. The van der Waals surface area contributed by atoms with Gasteiger partial charge in [-0.2, -0.15) is 0 Å². The Labute approximate surface area is 145 Å². The van der Waals surface area contributed by atoms with Gasteiger partial charge < -0.3 is 15.2 Å². The molecule has 21 heavy (non-hydrogen) atoms. The van der Waals surface area contributed by atoms with Crippen molar-refractivity contribution in [3.63, 3.8) is 0 Å². The van der Waals surface area contributed by atoms with Gasteiger partial charge in [-0.3, -0.25) is 0 Å². The van der Waals surface area contributed by atoms with Crippen LogP contribution in [-0.4, -0.2) is 14.2 Å². The van der Waals surface area contributed by atoms with E-state index >= 15 is 0 Å². The van der Waals surface area contributed by atoms with Crippen LogP contribution < -0.4 is 15.2 Å². The molecule has 112 valence electrons. The van der Waals surface area contributed by atoms with Gasteiger partial charge in [-0.05, 0) is 61.7 Å². The summed E-state index contributed by atoms with van der Waals surface area (Å²) < 4.78 is 12.4. The van der Waals surface area contributed by atoms with Crippen molar-refractivity contribution in [2.24, 2.45) is 5.73 Å². The summed E-state index contributed by atoms with van der Waals surface area (Å²) in [6, 6.07) is 8.97. The quantitative estimate of drug-likeness (QED) is 0.741. The van der Waals surface area contributed by atoms with Crippen LogP contribution in [0.5, 0.6) is 11.5 Å². The lowest BCUT2D eigenvalue weighted by atomic mass is 9.98. The van der Waals surface area contributed by atoms with E-state index in [9.17, 15) is 0 Å². The molecule has 0 spiro atoms. The first kappa shape index (κ1) is 16.6. The van der Waals surface area contributed by atoms with Crippen molar-refractivity contribution in [2.75, 3.05) is 14.2 Å². The standard InChI is InChI=1S/C15H14Br2ClNO2/c1-20-13-7-11(17)14(21-2)6-9(13)15(19)8-3-4-12(18)10(16)5-8/h3-7,15H,19H2,1-2H3. The SMILES string of the molecule is COc1cc(C(N)c2ccc(Cl)c(Br)c2)c(OC)cc1Br. The molecule has 0 saturated carbocycles. The molecule has 0 aliphatic rings. The first-order valence-electron chi connectivity index (χ1n) is 6.10. The number of ether oxygens (including phenoxy) is 2. The molecule has 0 radical (unpaired) electrons. The van der Waals surface area contributed by atoms with Gasteiger partial charge in [0.2, 0.25) is 0 Å². The van der Waals surface area contributed by atoms with Crippen molar-refractivity contribution in [2.45, 2.75) is 6.04 Å². The fraction of sp³-hybridized carbons (Fsp3) is 0.200. The molecule has 2 rings (SSSR count). The molecule has 2 N–H and O–H groups in total. The lowest BCUT2D eigenvalue weighted by molar-refractivity contribution is 0.395. The summed E-state index contributed by atoms with van der Waals surface area (Å²) in [5.41, 5.74) is 8.14. The Balaban J connectivity index is 2.50. The van der Waals surface area contributed by atoms with Gasteiger partial charge in [0.25, 0.3) is 0 Å². The highest BCUT2D eigenvalue weighted by atomic mass is 79.9. The summed E-state index contributed by atoms with van der Waals surface area (Å²) in [7, 11) is 3.23. The summed E-state index contributed by atoms with van der Waals surface area (Å²) in [4.78, 5) is 0. The molecule has 1 unspecified atom stereocenters. The maximum Gasteiger partial charge on any atom is 0.133 e. The van der Waals surface area contributed by atoms with Crippen LogP contribution in [0, 0.1) is 0 Å². The molecule has 2 aromatic rings. The predicted octanol–water partition coefficient (Wildman–Crippen LogP) is 4.93. The highest BCUT2D eigenvalue weighted by Crippen LogP contribution is 2.38. The maximum absolute atomic E-state index is 6.37. The van der Waals surface area contributed by atoms with E-state index < -0.39 is 0 Å². The average molecular weight is 436 g/mol. The van der Waals surface area contributed by atoms with Gasteiger partial charge in [0, 0.05) is 10.0 Å². The Bertz CT molecular complexity index is 664. The molecule has 3 nitrogen and oxygen atoms in total. The molecule has 0 heterocycles. The largest absolute Gasteiger partial charge is 0.496 e. The van der Waals surface area contributed by atoms with E-state index in [0.29, 0.717) is 16.5 Å². The molecule has 0 aliphatic carbocycles. The molecule has 0 saturated heterocycles. The normalized spacial score (nSPS) is 12.1. The summed E-state index contributed by atoms with van der Waals surface area (Å²) in [6.07, 6.45) is 0. The average Bonchev–Trinajstić information content (AvgIpc) is 2.49. The Hall–Kier alpha value is -0.750. The topological polar surface area (TPSA) is 44.5 Å². The van der Waals surface area contributed by atoms with Crippen LogP contribution in [0.1, 0.15) is 17.2 Å². The second-order valence-corrected chi connectivity index (χ2v) is 6.50. The zero-order chi connectivity index (χ0) is 15.6. The summed E-state index contributed by atoms with van der Waals surface area (Å²) in [5, 5.41) is 0.645. The zero-order valence-corrected chi connectivity index (χ0v) is 15.4. The van der Waals surface area contributed by atoms with E-state index in [1.165, 1.54) is 0 Å². The number of hydrogen-bond donors (Lipinski definition) is 1. The van der Waals surface area contributed by atoms with Crippen molar-refractivity contribution >= 4 is 43.5 Å².